The SMILES string of the molecule is CC(C)c1ocnc1CNC(C)c1ccc(S(C)(=O)=O)c(F)c1. The Morgan fingerprint density at radius 3 is 2.57 bits per heavy atom. The highest BCUT2D eigenvalue weighted by molar-refractivity contribution is 7.90. The molecule has 0 saturated carbocycles. The summed E-state index contributed by atoms with van der Waals surface area (Å²) in [5, 5.41) is 3.24. The summed E-state index contributed by atoms with van der Waals surface area (Å²) in [6, 6.07) is 4.01. The van der Waals surface area contributed by atoms with E-state index in [1.807, 2.05) is 20.8 Å². The maximum Gasteiger partial charge on any atom is 0.181 e. The van der Waals surface area contributed by atoms with Crippen LogP contribution in [-0.4, -0.2) is 19.7 Å². The van der Waals surface area contributed by atoms with Gasteiger partial charge in [-0.05, 0) is 24.6 Å². The molecule has 2 aromatic rings. The molecule has 5 nitrogen and oxygen atoms in total. The quantitative estimate of drug-likeness (QED) is 0.874. The van der Waals surface area contributed by atoms with Crippen LogP contribution in [0.15, 0.2) is 33.9 Å². The third-order valence-electron chi connectivity index (χ3n) is 3.63. The van der Waals surface area contributed by atoms with Gasteiger partial charge in [0.2, 0.25) is 0 Å². The van der Waals surface area contributed by atoms with Gasteiger partial charge in [-0.25, -0.2) is 17.8 Å². The zero-order chi connectivity index (χ0) is 17.2. The Balaban J connectivity index is 2.11. The van der Waals surface area contributed by atoms with E-state index in [2.05, 4.69) is 10.3 Å². The molecule has 1 aromatic carbocycles. The van der Waals surface area contributed by atoms with Gasteiger partial charge < -0.3 is 9.73 Å². The van der Waals surface area contributed by atoms with Crippen molar-refractivity contribution in [3.63, 3.8) is 0 Å². The minimum atomic E-state index is -3.56. The van der Waals surface area contributed by atoms with E-state index in [4.69, 9.17) is 4.42 Å². The molecule has 1 unspecified atom stereocenters. The highest BCUT2D eigenvalue weighted by Gasteiger charge is 2.17. The molecular formula is C16H21FN2O3S. The first-order chi connectivity index (χ1) is 10.7. The van der Waals surface area contributed by atoms with Gasteiger partial charge >= 0.3 is 0 Å². The first-order valence-electron chi connectivity index (χ1n) is 7.35. The molecule has 0 fully saturated rings. The molecule has 7 heteroatoms. The average Bonchev–Trinajstić information content (AvgIpc) is 2.91. The van der Waals surface area contributed by atoms with E-state index in [9.17, 15) is 12.8 Å². The molecule has 2 rings (SSSR count). The van der Waals surface area contributed by atoms with Gasteiger partial charge in [0.1, 0.15) is 16.5 Å². The van der Waals surface area contributed by atoms with Crippen molar-refractivity contribution in [2.45, 2.75) is 44.2 Å². The number of halogens is 1. The Morgan fingerprint density at radius 2 is 2.00 bits per heavy atom. The van der Waals surface area contributed by atoms with Crippen molar-refractivity contribution in [1.29, 1.82) is 0 Å². The fourth-order valence-corrected chi connectivity index (χ4v) is 3.06. The predicted molar refractivity (Wildman–Crippen MR) is 85.4 cm³/mol. The minimum absolute atomic E-state index is 0.158. The lowest BCUT2D eigenvalue weighted by Crippen LogP contribution is -2.19. The van der Waals surface area contributed by atoms with Crippen LogP contribution in [-0.2, 0) is 16.4 Å². The predicted octanol–water partition coefficient (Wildman–Crippen LogP) is 3.19. The fraction of sp³-hybridized carbons (Fsp3) is 0.438. The Kier molecular flexibility index (Phi) is 5.21. The molecule has 1 aromatic heterocycles. The smallest absolute Gasteiger partial charge is 0.181 e. The molecule has 23 heavy (non-hydrogen) atoms. The Morgan fingerprint density at radius 1 is 1.30 bits per heavy atom. The molecule has 0 bridgehead atoms. The number of nitrogens with zero attached hydrogens (tertiary/aromatic N) is 1. The second-order valence-corrected chi connectivity index (χ2v) is 7.87. The lowest BCUT2D eigenvalue weighted by molar-refractivity contribution is 0.473. The van der Waals surface area contributed by atoms with Gasteiger partial charge in [0, 0.05) is 24.8 Å². The van der Waals surface area contributed by atoms with Crippen LogP contribution in [0.5, 0.6) is 0 Å². The van der Waals surface area contributed by atoms with Gasteiger partial charge in [-0.15, -0.1) is 0 Å². The standard InChI is InChI=1S/C16H21FN2O3S/c1-10(2)16-14(19-9-22-16)8-18-11(3)12-5-6-15(13(17)7-12)23(4,20)21/h5-7,9-11,18H,8H2,1-4H3. The van der Waals surface area contributed by atoms with Crippen LogP contribution in [0.1, 0.15) is 49.7 Å². The van der Waals surface area contributed by atoms with Crippen LogP contribution in [0.4, 0.5) is 4.39 Å². The summed E-state index contributed by atoms with van der Waals surface area (Å²) >= 11 is 0. The van der Waals surface area contributed by atoms with Gasteiger partial charge in [0.05, 0.1) is 5.69 Å². The van der Waals surface area contributed by atoms with Gasteiger partial charge in [-0.1, -0.05) is 19.9 Å². The first-order valence-corrected chi connectivity index (χ1v) is 9.24. The monoisotopic (exact) mass is 340 g/mol. The third-order valence-corrected chi connectivity index (χ3v) is 4.76. The molecular weight excluding hydrogens is 319 g/mol. The molecule has 1 heterocycles. The zero-order valence-electron chi connectivity index (χ0n) is 13.6. The molecule has 0 aliphatic heterocycles. The van der Waals surface area contributed by atoms with Crippen molar-refractivity contribution >= 4 is 9.84 Å². The lowest BCUT2D eigenvalue weighted by Gasteiger charge is -2.15. The molecule has 0 radical (unpaired) electrons. The van der Waals surface area contributed by atoms with Crippen molar-refractivity contribution in [2.75, 3.05) is 6.26 Å². The lowest BCUT2D eigenvalue weighted by atomic mass is 10.1. The molecule has 0 spiro atoms. The summed E-state index contributed by atoms with van der Waals surface area (Å²) in [5.41, 5.74) is 1.49. The highest BCUT2D eigenvalue weighted by Crippen LogP contribution is 2.22. The number of benzene rings is 1. The number of aromatic nitrogens is 1. The summed E-state index contributed by atoms with van der Waals surface area (Å²) in [6.45, 7) is 6.41. The van der Waals surface area contributed by atoms with E-state index in [1.165, 1.54) is 18.5 Å². The van der Waals surface area contributed by atoms with E-state index >= 15 is 0 Å². The van der Waals surface area contributed by atoms with Crippen LogP contribution in [0.2, 0.25) is 0 Å². The molecule has 0 amide bonds. The topological polar surface area (TPSA) is 72.2 Å². The van der Waals surface area contributed by atoms with Gasteiger partial charge in [-0.3, -0.25) is 0 Å². The van der Waals surface area contributed by atoms with E-state index in [-0.39, 0.29) is 16.9 Å². The minimum Gasteiger partial charge on any atom is -0.448 e. The van der Waals surface area contributed by atoms with Crippen LogP contribution >= 0.6 is 0 Å². The van der Waals surface area contributed by atoms with Gasteiger partial charge in [0.15, 0.2) is 16.2 Å². The third kappa shape index (κ3) is 4.17. The fourth-order valence-electron chi connectivity index (χ4n) is 2.34. The van der Waals surface area contributed by atoms with Crippen molar-refractivity contribution < 1.29 is 17.2 Å². The first kappa shape index (κ1) is 17.6. The summed E-state index contributed by atoms with van der Waals surface area (Å²) in [4.78, 5) is 3.90. The summed E-state index contributed by atoms with van der Waals surface area (Å²) in [5.74, 6) is 0.322. The van der Waals surface area contributed by atoms with E-state index < -0.39 is 15.7 Å². The summed E-state index contributed by atoms with van der Waals surface area (Å²) in [7, 11) is -3.56. The van der Waals surface area contributed by atoms with Gasteiger partial charge in [0.25, 0.3) is 0 Å². The average molecular weight is 340 g/mol. The van der Waals surface area contributed by atoms with Gasteiger partial charge in [-0.2, -0.15) is 0 Å². The second-order valence-electron chi connectivity index (χ2n) is 5.88. The van der Waals surface area contributed by atoms with Crippen LogP contribution in [0.25, 0.3) is 0 Å². The van der Waals surface area contributed by atoms with Crippen LogP contribution in [0, 0.1) is 5.82 Å². The van der Waals surface area contributed by atoms with Crippen molar-refractivity contribution in [2.24, 2.45) is 0 Å². The normalized spacial score (nSPS) is 13.5. The Bertz CT molecular complexity index is 784. The van der Waals surface area contributed by atoms with E-state index in [0.29, 0.717) is 12.1 Å². The molecule has 0 saturated heterocycles. The van der Waals surface area contributed by atoms with Crippen molar-refractivity contribution in [3.8, 4) is 0 Å². The van der Waals surface area contributed by atoms with Crippen LogP contribution < -0.4 is 5.32 Å². The highest BCUT2D eigenvalue weighted by atomic mass is 32.2. The van der Waals surface area contributed by atoms with E-state index in [1.54, 1.807) is 6.07 Å². The Labute approximate surface area is 135 Å². The van der Waals surface area contributed by atoms with Crippen molar-refractivity contribution in [1.82, 2.24) is 10.3 Å². The maximum atomic E-state index is 14.0. The molecule has 0 aliphatic rings. The number of sulfone groups is 1. The largest absolute Gasteiger partial charge is 0.448 e. The summed E-state index contributed by atoms with van der Waals surface area (Å²) < 4.78 is 42.2. The molecule has 1 N–H and O–H groups in total. The molecule has 0 aliphatic carbocycles. The maximum absolute atomic E-state index is 14.0. The second kappa shape index (κ2) is 6.80. The van der Waals surface area contributed by atoms with E-state index in [0.717, 1.165) is 17.7 Å². The number of hydrogen-bond acceptors (Lipinski definition) is 5. The number of oxazole rings is 1. The van der Waals surface area contributed by atoms with Crippen molar-refractivity contribution in [3.05, 3.63) is 47.4 Å². The number of hydrogen-bond donors (Lipinski definition) is 1. The zero-order valence-corrected chi connectivity index (χ0v) is 14.4. The molecule has 1 atom stereocenters. The Hall–Kier alpha value is -1.73. The molecule has 126 valence electrons. The van der Waals surface area contributed by atoms with Crippen LogP contribution in [0.3, 0.4) is 0 Å². The number of rotatable bonds is 6. The number of nitrogens with one attached hydrogen (secondary N) is 1. The summed E-state index contributed by atoms with van der Waals surface area (Å²) in [6.07, 6.45) is 2.41.